The standard InChI is InChI=1S/C20H20N4O5S/c1-13-10-11-21-20(22-13)24-30(26,27)16-7-4-14(5-8-16)23-19(25)17-9-6-15(28-2)12-18(17)29-3/h4-12H,1-3H3,(H,23,25)(H,21,22,24). The molecule has 0 atom stereocenters. The monoisotopic (exact) mass is 428 g/mol. The molecule has 156 valence electrons. The van der Waals surface area contributed by atoms with Crippen molar-refractivity contribution >= 4 is 27.6 Å². The number of hydrogen-bond donors (Lipinski definition) is 2. The van der Waals surface area contributed by atoms with Gasteiger partial charge in [0.25, 0.3) is 15.9 Å². The summed E-state index contributed by atoms with van der Waals surface area (Å²) in [6.45, 7) is 1.73. The molecule has 0 radical (unpaired) electrons. The minimum atomic E-state index is -3.87. The van der Waals surface area contributed by atoms with Gasteiger partial charge in [0.2, 0.25) is 5.95 Å². The Kier molecular flexibility index (Phi) is 6.17. The van der Waals surface area contributed by atoms with Crippen molar-refractivity contribution in [2.45, 2.75) is 11.8 Å². The van der Waals surface area contributed by atoms with E-state index in [1.165, 1.54) is 44.7 Å². The molecule has 0 aliphatic rings. The summed E-state index contributed by atoms with van der Waals surface area (Å²) in [6, 6.07) is 12.2. The summed E-state index contributed by atoms with van der Waals surface area (Å²) >= 11 is 0. The van der Waals surface area contributed by atoms with Gasteiger partial charge in [0.15, 0.2) is 0 Å². The van der Waals surface area contributed by atoms with Gasteiger partial charge in [0.05, 0.1) is 24.7 Å². The van der Waals surface area contributed by atoms with Crippen molar-refractivity contribution in [2.75, 3.05) is 24.3 Å². The second kappa shape index (κ2) is 8.78. The van der Waals surface area contributed by atoms with Crippen LogP contribution in [-0.4, -0.2) is 38.5 Å². The van der Waals surface area contributed by atoms with Crippen LogP contribution < -0.4 is 19.5 Å². The van der Waals surface area contributed by atoms with E-state index in [-0.39, 0.29) is 10.8 Å². The molecule has 9 nitrogen and oxygen atoms in total. The van der Waals surface area contributed by atoms with Gasteiger partial charge >= 0.3 is 0 Å². The highest BCUT2D eigenvalue weighted by Gasteiger charge is 2.17. The predicted octanol–water partition coefficient (Wildman–Crippen LogP) is 2.86. The summed E-state index contributed by atoms with van der Waals surface area (Å²) in [5.74, 6) is 0.492. The molecule has 0 unspecified atom stereocenters. The van der Waals surface area contributed by atoms with Gasteiger partial charge in [-0.2, -0.15) is 0 Å². The molecular formula is C20H20N4O5S. The van der Waals surface area contributed by atoms with Gasteiger partial charge in [-0.25, -0.2) is 23.1 Å². The lowest BCUT2D eigenvalue weighted by Crippen LogP contribution is -2.16. The van der Waals surface area contributed by atoms with Crippen LogP contribution in [0.25, 0.3) is 0 Å². The van der Waals surface area contributed by atoms with E-state index in [9.17, 15) is 13.2 Å². The average molecular weight is 428 g/mol. The van der Waals surface area contributed by atoms with Gasteiger partial charge in [-0.15, -0.1) is 0 Å². The molecule has 0 spiro atoms. The van der Waals surface area contributed by atoms with E-state index >= 15 is 0 Å². The normalized spacial score (nSPS) is 10.9. The quantitative estimate of drug-likeness (QED) is 0.594. The molecule has 10 heteroatoms. The Hall–Kier alpha value is -3.66. The molecule has 0 bridgehead atoms. The van der Waals surface area contributed by atoms with Gasteiger partial charge < -0.3 is 14.8 Å². The fourth-order valence-corrected chi connectivity index (χ4v) is 3.53. The van der Waals surface area contributed by atoms with Crippen LogP contribution in [0.5, 0.6) is 11.5 Å². The molecule has 0 aliphatic heterocycles. The highest BCUT2D eigenvalue weighted by molar-refractivity contribution is 7.92. The van der Waals surface area contributed by atoms with Crippen LogP contribution >= 0.6 is 0 Å². The van der Waals surface area contributed by atoms with Gasteiger partial charge in [-0.3, -0.25) is 4.79 Å². The molecule has 0 fully saturated rings. The number of aromatic nitrogens is 2. The van der Waals surface area contributed by atoms with Crippen molar-refractivity contribution in [3.8, 4) is 11.5 Å². The topological polar surface area (TPSA) is 120 Å². The van der Waals surface area contributed by atoms with Gasteiger partial charge in [-0.1, -0.05) is 0 Å². The maximum atomic E-state index is 12.6. The number of hydrogen-bond acceptors (Lipinski definition) is 7. The molecule has 2 aromatic carbocycles. The second-order valence-electron chi connectivity index (χ2n) is 6.17. The van der Waals surface area contributed by atoms with Gasteiger partial charge in [0, 0.05) is 23.6 Å². The smallest absolute Gasteiger partial charge is 0.264 e. The molecule has 2 N–H and O–H groups in total. The molecule has 1 heterocycles. The molecule has 30 heavy (non-hydrogen) atoms. The third-order valence-electron chi connectivity index (χ3n) is 4.10. The van der Waals surface area contributed by atoms with Crippen LogP contribution in [0, 0.1) is 6.92 Å². The molecule has 0 aliphatic carbocycles. The number of amides is 1. The number of nitrogens with one attached hydrogen (secondary N) is 2. The largest absolute Gasteiger partial charge is 0.497 e. The predicted molar refractivity (Wildman–Crippen MR) is 112 cm³/mol. The Morgan fingerprint density at radius 3 is 2.37 bits per heavy atom. The van der Waals surface area contributed by atoms with Crippen molar-refractivity contribution in [2.24, 2.45) is 0 Å². The number of carbonyl (C=O) groups is 1. The number of carbonyl (C=O) groups excluding carboxylic acids is 1. The summed E-state index contributed by atoms with van der Waals surface area (Å²) < 4.78 is 37.7. The van der Waals surface area contributed by atoms with Gasteiger partial charge in [0.1, 0.15) is 11.5 Å². The maximum Gasteiger partial charge on any atom is 0.264 e. The number of benzene rings is 2. The molecule has 0 saturated heterocycles. The fourth-order valence-electron chi connectivity index (χ4n) is 2.58. The molecule has 1 aromatic heterocycles. The summed E-state index contributed by atoms with van der Waals surface area (Å²) in [6.07, 6.45) is 1.46. The molecule has 0 saturated carbocycles. The van der Waals surface area contributed by atoms with E-state index in [0.29, 0.717) is 28.4 Å². The Labute approximate surface area is 174 Å². The Morgan fingerprint density at radius 2 is 1.73 bits per heavy atom. The lowest BCUT2D eigenvalue weighted by molar-refractivity contribution is 0.102. The van der Waals surface area contributed by atoms with Crippen LogP contribution in [0.4, 0.5) is 11.6 Å². The van der Waals surface area contributed by atoms with Crippen molar-refractivity contribution < 1.29 is 22.7 Å². The zero-order valence-corrected chi connectivity index (χ0v) is 17.4. The third kappa shape index (κ3) is 4.84. The highest BCUT2D eigenvalue weighted by Crippen LogP contribution is 2.25. The number of ether oxygens (including phenoxy) is 2. The number of sulfonamides is 1. The Bertz CT molecular complexity index is 1160. The lowest BCUT2D eigenvalue weighted by atomic mass is 10.1. The van der Waals surface area contributed by atoms with E-state index in [2.05, 4.69) is 20.0 Å². The lowest BCUT2D eigenvalue weighted by Gasteiger charge is -2.11. The van der Waals surface area contributed by atoms with E-state index in [1.807, 2.05) is 0 Å². The SMILES string of the molecule is COc1ccc(C(=O)Nc2ccc(S(=O)(=O)Nc3nccc(C)n3)cc2)c(OC)c1. The fraction of sp³-hybridized carbons (Fsp3) is 0.150. The second-order valence-corrected chi connectivity index (χ2v) is 7.85. The number of nitrogens with zero attached hydrogens (tertiary/aromatic N) is 2. The minimum absolute atomic E-state index is 0.00707. The first-order valence-corrected chi connectivity index (χ1v) is 10.3. The molecule has 3 aromatic rings. The number of anilines is 2. The molecular weight excluding hydrogens is 408 g/mol. The zero-order chi connectivity index (χ0) is 21.7. The van der Waals surface area contributed by atoms with Crippen LogP contribution in [0.2, 0.25) is 0 Å². The maximum absolute atomic E-state index is 12.6. The summed E-state index contributed by atoms with van der Waals surface area (Å²) in [7, 11) is -0.895. The van der Waals surface area contributed by atoms with Crippen LogP contribution in [-0.2, 0) is 10.0 Å². The van der Waals surface area contributed by atoms with Gasteiger partial charge in [-0.05, 0) is 49.4 Å². The first-order valence-electron chi connectivity index (χ1n) is 8.78. The van der Waals surface area contributed by atoms with Crippen LogP contribution in [0.1, 0.15) is 16.1 Å². The van der Waals surface area contributed by atoms with Crippen LogP contribution in [0.15, 0.2) is 59.6 Å². The van der Waals surface area contributed by atoms with E-state index in [0.717, 1.165) is 0 Å². The summed E-state index contributed by atoms with van der Waals surface area (Å²) in [5.41, 5.74) is 1.37. The number of rotatable bonds is 7. The third-order valence-corrected chi connectivity index (χ3v) is 5.44. The first-order chi connectivity index (χ1) is 14.3. The minimum Gasteiger partial charge on any atom is -0.497 e. The molecule has 3 rings (SSSR count). The first kappa shape index (κ1) is 21.1. The molecule has 1 amide bonds. The van der Waals surface area contributed by atoms with Crippen molar-refractivity contribution in [1.29, 1.82) is 0 Å². The van der Waals surface area contributed by atoms with E-state index in [1.54, 1.807) is 31.2 Å². The van der Waals surface area contributed by atoms with E-state index < -0.39 is 15.9 Å². The number of aryl methyl sites for hydroxylation is 1. The highest BCUT2D eigenvalue weighted by atomic mass is 32.2. The van der Waals surface area contributed by atoms with Crippen molar-refractivity contribution in [1.82, 2.24) is 9.97 Å². The Morgan fingerprint density at radius 1 is 1.00 bits per heavy atom. The summed E-state index contributed by atoms with van der Waals surface area (Å²) in [4.78, 5) is 20.5. The Balaban J connectivity index is 1.75. The average Bonchev–Trinajstić information content (AvgIpc) is 2.73. The van der Waals surface area contributed by atoms with Crippen LogP contribution in [0.3, 0.4) is 0 Å². The van der Waals surface area contributed by atoms with Crippen molar-refractivity contribution in [3.63, 3.8) is 0 Å². The summed E-state index contributed by atoms with van der Waals surface area (Å²) in [5, 5.41) is 2.71. The zero-order valence-electron chi connectivity index (χ0n) is 16.5. The number of methoxy groups -OCH3 is 2. The van der Waals surface area contributed by atoms with Crippen molar-refractivity contribution in [3.05, 3.63) is 66.0 Å². The van der Waals surface area contributed by atoms with E-state index in [4.69, 9.17) is 9.47 Å².